The van der Waals surface area contributed by atoms with E-state index in [1.165, 1.54) is 6.42 Å². The summed E-state index contributed by atoms with van der Waals surface area (Å²) in [5.74, 6) is 1.02. The van der Waals surface area contributed by atoms with Crippen LogP contribution in [0.1, 0.15) is 60.8 Å². The quantitative estimate of drug-likeness (QED) is 0.615. The molecule has 0 aliphatic rings. The number of carbonyl (C=O) groups excluding carboxylic acids is 1. The number of hydrogen-bond acceptors (Lipinski definition) is 2. The third-order valence-electron chi connectivity index (χ3n) is 2.58. The van der Waals surface area contributed by atoms with Crippen molar-refractivity contribution in [3.8, 4) is 0 Å². The lowest BCUT2D eigenvalue weighted by Gasteiger charge is -2.26. The molecule has 0 spiro atoms. The van der Waals surface area contributed by atoms with E-state index in [4.69, 9.17) is 4.74 Å². The number of ether oxygens (including phenoxy) is 1. The van der Waals surface area contributed by atoms with Crippen molar-refractivity contribution in [1.82, 2.24) is 0 Å². The van der Waals surface area contributed by atoms with Crippen molar-refractivity contribution >= 4 is 5.97 Å². The molecule has 0 saturated carbocycles. The predicted molar refractivity (Wildman–Crippen MR) is 68.3 cm³/mol. The van der Waals surface area contributed by atoms with Gasteiger partial charge in [-0.2, -0.15) is 0 Å². The van der Waals surface area contributed by atoms with Gasteiger partial charge in [-0.3, -0.25) is 4.79 Å². The van der Waals surface area contributed by atoms with Crippen LogP contribution in [0.4, 0.5) is 0 Å². The number of rotatable bonds is 7. The Bertz CT molecular complexity index is 205. The van der Waals surface area contributed by atoms with Crippen LogP contribution in [0.5, 0.6) is 0 Å². The van der Waals surface area contributed by atoms with E-state index in [0.29, 0.717) is 24.9 Å². The van der Waals surface area contributed by atoms with Gasteiger partial charge in [0.2, 0.25) is 0 Å². The molecule has 0 N–H and O–H groups in total. The Labute approximate surface area is 101 Å². The summed E-state index contributed by atoms with van der Waals surface area (Å²) in [5.41, 5.74) is 0.270. The van der Waals surface area contributed by atoms with Crippen molar-refractivity contribution < 1.29 is 9.53 Å². The van der Waals surface area contributed by atoms with Gasteiger partial charge in [-0.15, -0.1) is 0 Å². The fourth-order valence-electron chi connectivity index (χ4n) is 2.04. The summed E-state index contributed by atoms with van der Waals surface area (Å²) in [5, 5.41) is 0. The maximum Gasteiger partial charge on any atom is 0.306 e. The molecule has 0 fully saturated rings. The first kappa shape index (κ1) is 15.5. The molecular weight excluding hydrogens is 200 g/mol. The average molecular weight is 228 g/mol. The van der Waals surface area contributed by atoms with E-state index in [9.17, 15) is 4.79 Å². The summed E-state index contributed by atoms with van der Waals surface area (Å²) in [6, 6.07) is 0. The molecule has 0 bridgehead atoms. The molecule has 0 aliphatic heterocycles. The van der Waals surface area contributed by atoms with Crippen LogP contribution in [0.25, 0.3) is 0 Å². The first-order valence-electron chi connectivity index (χ1n) is 6.38. The normalized spacial score (nSPS) is 12.2. The monoisotopic (exact) mass is 228 g/mol. The van der Waals surface area contributed by atoms with Crippen LogP contribution in [0.2, 0.25) is 0 Å². The molecule has 0 aromatic heterocycles. The molecule has 0 heterocycles. The second kappa shape index (κ2) is 6.93. The van der Waals surface area contributed by atoms with Crippen molar-refractivity contribution in [2.75, 3.05) is 6.61 Å². The number of hydrogen-bond donors (Lipinski definition) is 0. The van der Waals surface area contributed by atoms with Gasteiger partial charge in [0.25, 0.3) is 0 Å². The molecule has 0 aliphatic carbocycles. The van der Waals surface area contributed by atoms with Crippen LogP contribution in [0, 0.1) is 17.3 Å². The van der Waals surface area contributed by atoms with E-state index in [1.807, 2.05) is 13.8 Å². The van der Waals surface area contributed by atoms with Crippen molar-refractivity contribution in [3.05, 3.63) is 0 Å². The van der Waals surface area contributed by atoms with Gasteiger partial charge in [0.05, 0.1) is 6.61 Å². The third kappa shape index (κ3) is 8.75. The summed E-state index contributed by atoms with van der Waals surface area (Å²) in [4.78, 5) is 11.3. The summed E-state index contributed by atoms with van der Waals surface area (Å²) in [7, 11) is 0. The molecule has 2 nitrogen and oxygen atoms in total. The maximum absolute atomic E-state index is 11.3. The van der Waals surface area contributed by atoms with Gasteiger partial charge in [-0.1, -0.05) is 41.5 Å². The lowest BCUT2D eigenvalue weighted by molar-refractivity contribution is -0.145. The summed E-state index contributed by atoms with van der Waals surface area (Å²) in [6.45, 7) is 13.6. The van der Waals surface area contributed by atoms with Gasteiger partial charge in [-0.05, 0) is 30.1 Å². The molecule has 0 aromatic carbocycles. The molecule has 0 aromatic rings. The van der Waals surface area contributed by atoms with E-state index in [0.717, 1.165) is 6.42 Å². The lowest BCUT2D eigenvalue weighted by atomic mass is 9.81. The largest absolute Gasteiger partial charge is 0.466 e. The highest BCUT2D eigenvalue weighted by molar-refractivity contribution is 5.69. The summed E-state index contributed by atoms with van der Waals surface area (Å²) < 4.78 is 5.23. The molecule has 16 heavy (non-hydrogen) atoms. The number of esters is 1. The van der Waals surface area contributed by atoms with Gasteiger partial charge < -0.3 is 4.74 Å². The fraction of sp³-hybridized carbons (Fsp3) is 0.929. The zero-order valence-corrected chi connectivity index (χ0v) is 11.8. The Morgan fingerprint density at radius 3 is 2.12 bits per heavy atom. The second-order valence-corrected chi connectivity index (χ2v) is 6.33. The molecule has 0 radical (unpaired) electrons. The van der Waals surface area contributed by atoms with Crippen molar-refractivity contribution in [2.24, 2.45) is 17.3 Å². The van der Waals surface area contributed by atoms with Gasteiger partial charge >= 0.3 is 5.97 Å². The van der Waals surface area contributed by atoms with Gasteiger partial charge in [0, 0.05) is 6.42 Å². The highest BCUT2D eigenvalue weighted by Crippen LogP contribution is 2.28. The van der Waals surface area contributed by atoms with E-state index < -0.39 is 0 Å². The standard InChI is InChI=1S/C14H28O2/c1-11(2)9-13(15)16-8-7-14(5,6)10-12(3)4/h11-12H,7-10H2,1-6H3. The molecule has 2 heteroatoms. The van der Waals surface area contributed by atoms with Crippen LogP contribution >= 0.6 is 0 Å². The van der Waals surface area contributed by atoms with Gasteiger partial charge in [-0.25, -0.2) is 0 Å². The van der Waals surface area contributed by atoms with Crippen molar-refractivity contribution in [3.63, 3.8) is 0 Å². The topological polar surface area (TPSA) is 26.3 Å². The SMILES string of the molecule is CC(C)CC(=O)OCCC(C)(C)CC(C)C. The molecule has 0 atom stereocenters. The minimum Gasteiger partial charge on any atom is -0.466 e. The zero-order valence-electron chi connectivity index (χ0n) is 11.8. The van der Waals surface area contributed by atoms with Crippen molar-refractivity contribution in [1.29, 1.82) is 0 Å². The van der Waals surface area contributed by atoms with E-state index in [1.54, 1.807) is 0 Å². The Balaban J connectivity index is 3.76. The predicted octanol–water partition coefficient (Wildman–Crippen LogP) is 4.04. The highest BCUT2D eigenvalue weighted by atomic mass is 16.5. The summed E-state index contributed by atoms with van der Waals surface area (Å²) >= 11 is 0. The second-order valence-electron chi connectivity index (χ2n) is 6.33. The lowest BCUT2D eigenvalue weighted by Crippen LogP contribution is -2.19. The molecule has 0 saturated heterocycles. The smallest absolute Gasteiger partial charge is 0.306 e. The van der Waals surface area contributed by atoms with Crippen LogP contribution in [0.15, 0.2) is 0 Å². The Morgan fingerprint density at radius 1 is 1.12 bits per heavy atom. The van der Waals surface area contributed by atoms with Crippen LogP contribution < -0.4 is 0 Å². The zero-order chi connectivity index (χ0) is 12.8. The molecular formula is C14H28O2. The van der Waals surface area contributed by atoms with Crippen LogP contribution in [0.3, 0.4) is 0 Å². The average Bonchev–Trinajstić information content (AvgIpc) is 1.98. The maximum atomic E-state index is 11.3. The fourth-order valence-corrected chi connectivity index (χ4v) is 2.04. The van der Waals surface area contributed by atoms with E-state index >= 15 is 0 Å². The van der Waals surface area contributed by atoms with Crippen LogP contribution in [-0.2, 0) is 9.53 Å². The Hall–Kier alpha value is -0.530. The molecule has 0 unspecified atom stereocenters. The minimum absolute atomic E-state index is 0.0599. The molecule has 96 valence electrons. The Kier molecular flexibility index (Phi) is 6.70. The first-order chi connectivity index (χ1) is 7.23. The van der Waals surface area contributed by atoms with E-state index in [-0.39, 0.29) is 11.4 Å². The van der Waals surface area contributed by atoms with Gasteiger partial charge in [0.1, 0.15) is 0 Å². The van der Waals surface area contributed by atoms with Crippen molar-refractivity contribution in [2.45, 2.75) is 60.8 Å². The Morgan fingerprint density at radius 2 is 1.69 bits per heavy atom. The third-order valence-corrected chi connectivity index (χ3v) is 2.58. The van der Waals surface area contributed by atoms with Crippen LogP contribution in [-0.4, -0.2) is 12.6 Å². The molecule has 0 rings (SSSR count). The summed E-state index contributed by atoms with van der Waals surface area (Å²) in [6.07, 6.45) is 2.66. The number of carbonyl (C=O) groups is 1. The molecule has 0 amide bonds. The van der Waals surface area contributed by atoms with E-state index in [2.05, 4.69) is 27.7 Å². The van der Waals surface area contributed by atoms with Gasteiger partial charge in [0.15, 0.2) is 0 Å². The highest BCUT2D eigenvalue weighted by Gasteiger charge is 2.19. The first-order valence-corrected chi connectivity index (χ1v) is 6.38. The minimum atomic E-state index is -0.0599.